The van der Waals surface area contributed by atoms with Crippen LogP contribution in [0.25, 0.3) is 0 Å². The van der Waals surface area contributed by atoms with Crippen LogP contribution in [0.3, 0.4) is 0 Å². The van der Waals surface area contributed by atoms with Gasteiger partial charge in [-0.1, -0.05) is 0 Å². The molecule has 2 aliphatic heterocycles. The van der Waals surface area contributed by atoms with E-state index in [0.29, 0.717) is 13.1 Å². The van der Waals surface area contributed by atoms with E-state index in [1.807, 2.05) is 25.7 Å². The molecule has 21 heavy (non-hydrogen) atoms. The van der Waals surface area contributed by atoms with Gasteiger partial charge in [0, 0.05) is 25.7 Å². The van der Waals surface area contributed by atoms with E-state index in [1.165, 1.54) is 0 Å². The Morgan fingerprint density at radius 3 is 2.38 bits per heavy atom. The average Bonchev–Trinajstić information content (AvgIpc) is 2.40. The zero-order valence-corrected chi connectivity index (χ0v) is 13.3. The largest absolute Gasteiger partial charge is 0.444 e. The maximum atomic E-state index is 12.1. The van der Waals surface area contributed by atoms with Crippen LogP contribution in [-0.2, 0) is 9.53 Å². The summed E-state index contributed by atoms with van der Waals surface area (Å²) in [6.07, 6.45) is 3.10. The molecular formula is C15H27N3O3. The molecular weight excluding hydrogens is 270 g/mol. The van der Waals surface area contributed by atoms with E-state index in [-0.39, 0.29) is 24.1 Å². The molecule has 0 aromatic carbocycles. The minimum atomic E-state index is -0.469. The second-order valence-corrected chi connectivity index (χ2v) is 6.98. The molecule has 120 valence electrons. The van der Waals surface area contributed by atoms with Crippen LogP contribution in [0.1, 0.15) is 46.5 Å². The third kappa shape index (κ3) is 4.09. The van der Waals surface area contributed by atoms with E-state index >= 15 is 0 Å². The summed E-state index contributed by atoms with van der Waals surface area (Å²) >= 11 is 0. The molecule has 0 aliphatic carbocycles. The number of likely N-dealkylation sites (tertiary alicyclic amines) is 2. The number of ether oxygens (including phenoxy) is 1. The molecule has 1 atom stereocenters. The first-order valence-corrected chi connectivity index (χ1v) is 7.82. The van der Waals surface area contributed by atoms with Gasteiger partial charge >= 0.3 is 6.09 Å². The molecule has 2 heterocycles. The van der Waals surface area contributed by atoms with E-state index in [4.69, 9.17) is 10.5 Å². The molecule has 0 unspecified atom stereocenters. The number of hydrogen-bond donors (Lipinski definition) is 1. The van der Waals surface area contributed by atoms with E-state index in [1.54, 1.807) is 4.90 Å². The van der Waals surface area contributed by atoms with Crippen molar-refractivity contribution in [2.75, 3.05) is 19.6 Å². The van der Waals surface area contributed by atoms with Gasteiger partial charge in [0.25, 0.3) is 0 Å². The van der Waals surface area contributed by atoms with Gasteiger partial charge in [0.15, 0.2) is 0 Å². The first kappa shape index (κ1) is 16.1. The molecule has 2 rings (SSSR count). The molecule has 6 heteroatoms. The Labute approximate surface area is 126 Å². The molecule has 0 bridgehead atoms. The van der Waals surface area contributed by atoms with Crippen LogP contribution in [0.15, 0.2) is 0 Å². The molecule has 2 amide bonds. The zero-order valence-electron chi connectivity index (χ0n) is 13.3. The highest BCUT2D eigenvalue weighted by atomic mass is 16.6. The quantitative estimate of drug-likeness (QED) is 0.792. The van der Waals surface area contributed by atoms with Crippen LogP contribution in [0, 0.1) is 0 Å². The fourth-order valence-corrected chi connectivity index (χ4v) is 2.98. The van der Waals surface area contributed by atoms with Crippen molar-refractivity contribution in [1.82, 2.24) is 9.80 Å². The average molecular weight is 297 g/mol. The molecule has 0 saturated carbocycles. The number of rotatable bonds is 1. The Balaban J connectivity index is 1.85. The van der Waals surface area contributed by atoms with E-state index < -0.39 is 5.60 Å². The van der Waals surface area contributed by atoms with Gasteiger partial charge in [-0.15, -0.1) is 0 Å². The Bertz CT molecular complexity index is 397. The van der Waals surface area contributed by atoms with Gasteiger partial charge in [-0.25, -0.2) is 4.79 Å². The minimum absolute atomic E-state index is 0.0666. The van der Waals surface area contributed by atoms with Crippen molar-refractivity contribution >= 4 is 12.0 Å². The summed E-state index contributed by atoms with van der Waals surface area (Å²) in [5.74, 6) is 0.0666. The van der Waals surface area contributed by atoms with Gasteiger partial charge < -0.3 is 20.3 Å². The van der Waals surface area contributed by atoms with Crippen LogP contribution in [0.2, 0.25) is 0 Å². The fraction of sp³-hybridized carbons (Fsp3) is 0.867. The van der Waals surface area contributed by atoms with Crippen LogP contribution >= 0.6 is 0 Å². The lowest BCUT2D eigenvalue weighted by Crippen LogP contribution is -2.55. The number of nitrogens with zero attached hydrogens (tertiary/aromatic N) is 2. The van der Waals surface area contributed by atoms with Crippen molar-refractivity contribution in [3.05, 3.63) is 0 Å². The van der Waals surface area contributed by atoms with Gasteiger partial charge in [0.1, 0.15) is 5.60 Å². The van der Waals surface area contributed by atoms with Crippen molar-refractivity contribution < 1.29 is 14.3 Å². The highest BCUT2D eigenvalue weighted by molar-refractivity contribution is 5.82. The zero-order chi connectivity index (χ0) is 15.6. The van der Waals surface area contributed by atoms with Crippen LogP contribution in [-0.4, -0.2) is 59.1 Å². The normalized spacial score (nSPS) is 25.1. The van der Waals surface area contributed by atoms with E-state index in [9.17, 15) is 9.59 Å². The summed E-state index contributed by atoms with van der Waals surface area (Å²) in [4.78, 5) is 27.8. The summed E-state index contributed by atoms with van der Waals surface area (Å²) < 4.78 is 5.38. The van der Waals surface area contributed by atoms with Crippen LogP contribution in [0.5, 0.6) is 0 Å². The molecule has 2 saturated heterocycles. The Kier molecular flexibility index (Phi) is 4.76. The topological polar surface area (TPSA) is 75.9 Å². The molecule has 2 aliphatic rings. The summed E-state index contributed by atoms with van der Waals surface area (Å²) in [6, 6.07) is -0.134. The molecule has 6 nitrogen and oxygen atoms in total. The standard InChI is InChI=1S/C15H27N3O3/c1-15(2,3)21-14(20)17-9-6-11(7-10-17)18-8-4-5-12(16)13(18)19/h11-12H,4-10,16H2,1-3H3/t12-/m0/s1. The molecule has 0 aromatic heterocycles. The Morgan fingerprint density at radius 2 is 1.81 bits per heavy atom. The lowest BCUT2D eigenvalue weighted by Gasteiger charge is -2.41. The highest BCUT2D eigenvalue weighted by Gasteiger charge is 2.34. The van der Waals surface area contributed by atoms with Crippen molar-refractivity contribution in [2.45, 2.75) is 64.1 Å². The number of nitrogens with two attached hydrogens (primary N) is 1. The maximum Gasteiger partial charge on any atom is 0.410 e. The SMILES string of the molecule is CC(C)(C)OC(=O)N1CCC(N2CCC[C@H](N)C2=O)CC1. The lowest BCUT2D eigenvalue weighted by atomic mass is 9.98. The predicted octanol–water partition coefficient (Wildman–Crippen LogP) is 1.34. The van der Waals surface area contributed by atoms with Gasteiger partial charge in [0.2, 0.25) is 5.91 Å². The second kappa shape index (κ2) is 6.22. The Hall–Kier alpha value is -1.30. The van der Waals surface area contributed by atoms with Crippen LogP contribution < -0.4 is 5.73 Å². The van der Waals surface area contributed by atoms with Gasteiger partial charge in [-0.2, -0.15) is 0 Å². The summed E-state index contributed by atoms with van der Waals surface area (Å²) in [6.45, 7) is 7.67. The summed E-state index contributed by atoms with van der Waals surface area (Å²) in [7, 11) is 0. The molecule has 0 spiro atoms. The van der Waals surface area contributed by atoms with Gasteiger partial charge in [-0.3, -0.25) is 4.79 Å². The summed E-state index contributed by atoms with van der Waals surface area (Å²) in [5, 5.41) is 0. The number of amides is 2. The van der Waals surface area contributed by atoms with Crippen molar-refractivity contribution in [2.24, 2.45) is 5.73 Å². The summed E-state index contributed by atoms with van der Waals surface area (Å²) in [5.41, 5.74) is 5.38. The van der Waals surface area contributed by atoms with Gasteiger partial charge in [0.05, 0.1) is 6.04 Å². The first-order valence-electron chi connectivity index (χ1n) is 7.82. The van der Waals surface area contributed by atoms with Crippen molar-refractivity contribution in [3.8, 4) is 0 Å². The minimum Gasteiger partial charge on any atom is -0.444 e. The van der Waals surface area contributed by atoms with Crippen molar-refractivity contribution in [3.63, 3.8) is 0 Å². The number of hydrogen-bond acceptors (Lipinski definition) is 4. The van der Waals surface area contributed by atoms with Crippen LogP contribution in [0.4, 0.5) is 4.79 Å². The third-order valence-corrected chi connectivity index (χ3v) is 4.07. The maximum absolute atomic E-state index is 12.1. The van der Waals surface area contributed by atoms with E-state index in [0.717, 1.165) is 32.2 Å². The van der Waals surface area contributed by atoms with E-state index in [2.05, 4.69) is 0 Å². The number of piperidine rings is 2. The predicted molar refractivity (Wildman–Crippen MR) is 79.8 cm³/mol. The monoisotopic (exact) mass is 297 g/mol. The lowest BCUT2D eigenvalue weighted by molar-refractivity contribution is -0.138. The highest BCUT2D eigenvalue weighted by Crippen LogP contribution is 2.22. The Morgan fingerprint density at radius 1 is 1.19 bits per heavy atom. The fourth-order valence-electron chi connectivity index (χ4n) is 2.98. The molecule has 2 fully saturated rings. The third-order valence-electron chi connectivity index (χ3n) is 4.07. The second-order valence-electron chi connectivity index (χ2n) is 6.98. The molecule has 2 N–H and O–H groups in total. The molecule has 0 aromatic rings. The smallest absolute Gasteiger partial charge is 0.410 e. The number of carbonyl (C=O) groups is 2. The van der Waals surface area contributed by atoms with Gasteiger partial charge in [-0.05, 0) is 46.5 Å². The molecule has 0 radical (unpaired) electrons. The van der Waals surface area contributed by atoms with Crippen molar-refractivity contribution in [1.29, 1.82) is 0 Å². The first-order chi connectivity index (χ1) is 9.78. The number of carbonyl (C=O) groups excluding carboxylic acids is 2.